The van der Waals surface area contributed by atoms with Crippen molar-refractivity contribution >= 4 is 5.71 Å². The highest BCUT2D eigenvalue weighted by atomic mass is 16.6. The van der Waals surface area contributed by atoms with Gasteiger partial charge in [-0.1, -0.05) is 97.9 Å². The van der Waals surface area contributed by atoms with Gasteiger partial charge in [0, 0.05) is 24.9 Å². The lowest BCUT2D eigenvalue weighted by Crippen LogP contribution is -2.37. The molecule has 0 saturated carbocycles. The van der Waals surface area contributed by atoms with Crippen molar-refractivity contribution < 1.29 is 4.84 Å². The summed E-state index contributed by atoms with van der Waals surface area (Å²) in [6, 6.07) is 29.0. The lowest BCUT2D eigenvalue weighted by Gasteiger charge is -2.40. The van der Waals surface area contributed by atoms with Gasteiger partial charge >= 0.3 is 0 Å². The molecule has 1 aliphatic heterocycles. The number of hydrogen-bond donors (Lipinski definition) is 0. The highest BCUT2D eigenvalue weighted by molar-refractivity contribution is 5.86. The Balaban J connectivity index is 1.58. The molecule has 3 aromatic rings. The molecule has 1 fully saturated rings. The Morgan fingerprint density at radius 1 is 0.719 bits per heavy atom. The van der Waals surface area contributed by atoms with Crippen LogP contribution in [0.15, 0.2) is 84.0 Å². The third-order valence-corrected chi connectivity index (χ3v) is 6.65. The minimum Gasteiger partial charge on any atom is -0.391 e. The van der Waals surface area contributed by atoms with Crippen LogP contribution in [0, 0.1) is 0 Å². The van der Waals surface area contributed by atoms with E-state index in [4.69, 9.17) is 4.84 Å². The Bertz CT molecular complexity index is 950. The lowest BCUT2D eigenvalue weighted by atomic mass is 9.86. The van der Waals surface area contributed by atoms with Crippen LogP contribution in [0.25, 0.3) is 0 Å². The molecule has 3 aromatic carbocycles. The summed E-state index contributed by atoms with van der Waals surface area (Å²) in [6.45, 7) is 4.91. The minimum absolute atomic E-state index is 0.282. The molecule has 0 amide bonds. The molecule has 3 heteroatoms. The summed E-state index contributed by atoms with van der Waals surface area (Å²) in [6.07, 6.45) is 3.90. The van der Waals surface area contributed by atoms with Gasteiger partial charge in [0.1, 0.15) is 6.61 Å². The van der Waals surface area contributed by atoms with E-state index >= 15 is 0 Å². The number of nitrogens with zero attached hydrogens (tertiary/aromatic N) is 2. The SMILES string of the molecule is CCc1ccc(C2CC(=NOCc3ccccc3)CC(c3ccc(CC)cc3)N2C)cc1. The summed E-state index contributed by atoms with van der Waals surface area (Å²) in [5.41, 5.74) is 7.71. The van der Waals surface area contributed by atoms with Crippen molar-refractivity contribution in [3.8, 4) is 0 Å². The second kappa shape index (κ2) is 10.6. The van der Waals surface area contributed by atoms with Crippen molar-refractivity contribution in [2.24, 2.45) is 5.16 Å². The molecular weight excluding hydrogens is 392 g/mol. The monoisotopic (exact) mass is 426 g/mol. The minimum atomic E-state index is 0.282. The molecule has 0 aromatic heterocycles. The number of oxime groups is 1. The summed E-state index contributed by atoms with van der Waals surface area (Å²) >= 11 is 0. The van der Waals surface area contributed by atoms with Gasteiger partial charge in [0.15, 0.2) is 0 Å². The molecule has 1 saturated heterocycles. The van der Waals surface area contributed by atoms with Crippen molar-refractivity contribution in [1.82, 2.24) is 4.90 Å². The fourth-order valence-corrected chi connectivity index (χ4v) is 4.54. The maximum absolute atomic E-state index is 5.81. The van der Waals surface area contributed by atoms with E-state index in [1.807, 2.05) is 18.2 Å². The topological polar surface area (TPSA) is 24.8 Å². The van der Waals surface area contributed by atoms with Gasteiger partial charge in [0.05, 0.1) is 5.71 Å². The maximum atomic E-state index is 5.81. The molecule has 166 valence electrons. The van der Waals surface area contributed by atoms with Gasteiger partial charge < -0.3 is 4.84 Å². The molecular formula is C29H34N2O. The van der Waals surface area contributed by atoms with Crippen molar-refractivity contribution in [3.05, 3.63) is 107 Å². The van der Waals surface area contributed by atoms with Gasteiger partial charge in [-0.15, -0.1) is 0 Å². The van der Waals surface area contributed by atoms with Crippen LogP contribution in [-0.2, 0) is 24.3 Å². The van der Waals surface area contributed by atoms with E-state index in [1.54, 1.807) is 0 Å². The fourth-order valence-electron chi connectivity index (χ4n) is 4.54. The second-order valence-corrected chi connectivity index (χ2v) is 8.71. The summed E-state index contributed by atoms with van der Waals surface area (Å²) in [7, 11) is 2.25. The average molecular weight is 427 g/mol. The number of benzene rings is 3. The van der Waals surface area contributed by atoms with Crippen LogP contribution in [0.3, 0.4) is 0 Å². The molecule has 4 rings (SSSR count). The number of rotatable bonds is 7. The molecule has 0 bridgehead atoms. The first kappa shape index (κ1) is 22.3. The van der Waals surface area contributed by atoms with Gasteiger partial charge in [-0.2, -0.15) is 0 Å². The van der Waals surface area contributed by atoms with Crippen LogP contribution in [0.2, 0.25) is 0 Å². The first-order valence-corrected chi connectivity index (χ1v) is 11.8. The molecule has 0 spiro atoms. The highest BCUT2D eigenvalue weighted by Crippen LogP contribution is 2.39. The fraction of sp³-hybridized carbons (Fsp3) is 0.345. The van der Waals surface area contributed by atoms with Gasteiger partial charge in [-0.05, 0) is 47.7 Å². The molecule has 1 aliphatic rings. The summed E-state index contributed by atoms with van der Waals surface area (Å²) in [4.78, 5) is 8.32. The van der Waals surface area contributed by atoms with Gasteiger partial charge in [0.25, 0.3) is 0 Å². The quantitative estimate of drug-likeness (QED) is 0.384. The third kappa shape index (κ3) is 5.28. The predicted octanol–water partition coefficient (Wildman–Crippen LogP) is 6.89. The third-order valence-electron chi connectivity index (χ3n) is 6.65. The van der Waals surface area contributed by atoms with E-state index in [1.165, 1.54) is 22.3 Å². The van der Waals surface area contributed by atoms with Gasteiger partial charge in [0.2, 0.25) is 0 Å². The number of likely N-dealkylation sites (tertiary alicyclic amines) is 1. The molecule has 2 atom stereocenters. The van der Waals surface area contributed by atoms with Crippen LogP contribution >= 0.6 is 0 Å². The Labute approximate surface area is 192 Å². The smallest absolute Gasteiger partial charge is 0.142 e. The van der Waals surface area contributed by atoms with Crippen LogP contribution in [0.4, 0.5) is 0 Å². The number of hydrogen-bond acceptors (Lipinski definition) is 3. The number of aryl methyl sites for hydroxylation is 2. The molecule has 32 heavy (non-hydrogen) atoms. The Morgan fingerprint density at radius 2 is 1.22 bits per heavy atom. The normalized spacial score (nSPS) is 19.0. The molecule has 0 N–H and O–H groups in total. The van der Waals surface area contributed by atoms with Gasteiger partial charge in [-0.3, -0.25) is 4.90 Å². The van der Waals surface area contributed by atoms with E-state index in [0.717, 1.165) is 37.0 Å². The molecule has 2 unspecified atom stereocenters. The zero-order chi connectivity index (χ0) is 22.3. The predicted molar refractivity (Wildman–Crippen MR) is 133 cm³/mol. The van der Waals surface area contributed by atoms with Crippen LogP contribution in [0.5, 0.6) is 0 Å². The Hall–Kier alpha value is -2.91. The largest absolute Gasteiger partial charge is 0.391 e. The molecule has 0 aliphatic carbocycles. The number of piperidine rings is 1. The summed E-state index contributed by atoms with van der Waals surface area (Å²) < 4.78 is 0. The zero-order valence-corrected chi connectivity index (χ0v) is 19.5. The van der Waals surface area contributed by atoms with Crippen LogP contribution in [-0.4, -0.2) is 17.7 Å². The van der Waals surface area contributed by atoms with Crippen molar-refractivity contribution in [3.63, 3.8) is 0 Å². The standard InChI is InChI=1S/C29H34N2O/c1-4-22-11-15-25(16-12-22)28-19-27(30-32-21-24-9-7-6-8-10-24)20-29(31(28)3)26-17-13-23(5-2)14-18-26/h6-18,28-29H,4-5,19-21H2,1-3H3. The van der Waals surface area contributed by atoms with Crippen LogP contribution < -0.4 is 0 Å². The average Bonchev–Trinajstić information content (AvgIpc) is 2.86. The van der Waals surface area contributed by atoms with Gasteiger partial charge in [-0.25, -0.2) is 0 Å². The first-order chi connectivity index (χ1) is 15.7. The Morgan fingerprint density at radius 3 is 1.69 bits per heavy atom. The highest BCUT2D eigenvalue weighted by Gasteiger charge is 2.33. The van der Waals surface area contributed by atoms with E-state index < -0.39 is 0 Å². The summed E-state index contributed by atoms with van der Waals surface area (Å²) in [5, 5.41) is 4.62. The molecule has 0 radical (unpaired) electrons. The first-order valence-electron chi connectivity index (χ1n) is 11.8. The van der Waals surface area contributed by atoms with E-state index in [-0.39, 0.29) is 12.1 Å². The molecule has 1 heterocycles. The van der Waals surface area contributed by atoms with Crippen molar-refractivity contribution in [2.45, 2.75) is 58.2 Å². The zero-order valence-electron chi connectivity index (χ0n) is 19.5. The summed E-state index contributed by atoms with van der Waals surface area (Å²) in [5.74, 6) is 0. The lowest BCUT2D eigenvalue weighted by molar-refractivity contribution is 0.118. The maximum Gasteiger partial charge on any atom is 0.142 e. The second-order valence-electron chi connectivity index (χ2n) is 8.71. The van der Waals surface area contributed by atoms with E-state index in [9.17, 15) is 0 Å². The van der Waals surface area contributed by atoms with E-state index in [0.29, 0.717) is 6.61 Å². The van der Waals surface area contributed by atoms with E-state index in [2.05, 4.69) is 91.6 Å². The van der Waals surface area contributed by atoms with Crippen LogP contribution in [0.1, 0.15) is 66.6 Å². The Kier molecular flexibility index (Phi) is 7.39. The van der Waals surface area contributed by atoms with Crippen molar-refractivity contribution in [2.75, 3.05) is 7.05 Å². The molecule has 3 nitrogen and oxygen atoms in total. The van der Waals surface area contributed by atoms with Crippen molar-refractivity contribution in [1.29, 1.82) is 0 Å².